The van der Waals surface area contributed by atoms with Gasteiger partial charge in [-0.25, -0.2) is 8.78 Å². The second kappa shape index (κ2) is 4.93. The molecule has 0 aliphatic carbocycles. The van der Waals surface area contributed by atoms with Crippen LogP contribution in [0.2, 0.25) is 0 Å². The Morgan fingerprint density at radius 2 is 1.95 bits per heavy atom. The lowest BCUT2D eigenvalue weighted by atomic mass is 10.1. The lowest BCUT2D eigenvalue weighted by Gasteiger charge is -2.07. The number of nitrogens with zero attached hydrogens (tertiary/aromatic N) is 4. The van der Waals surface area contributed by atoms with Gasteiger partial charge in [0.05, 0.1) is 5.69 Å². The maximum absolute atomic E-state index is 13.8. The quantitative estimate of drug-likeness (QED) is 0.735. The first-order valence-electron chi connectivity index (χ1n) is 6.16. The molecule has 0 spiro atoms. The van der Waals surface area contributed by atoms with Crippen molar-refractivity contribution in [2.24, 2.45) is 0 Å². The molecule has 2 aromatic carbocycles. The van der Waals surface area contributed by atoms with Crippen LogP contribution in [0.5, 0.6) is 0 Å². The molecule has 0 aliphatic heterocycles. The van der Waals surface area contributed by atoms with E-state index in [2.05, 4.69) is 15.5 Å². The molecule has 0 aliphatic rings. The van der Waals surface area contributed by atoms with E-state index in [1.807, 2.05) is 0 Å². The maximum atomic E-state index is 13.8. The SMILES string of the molecule is Cc1c(N)cc(-c2nnnn2-c2cccc(F)c2)cc1F. The highest BCUT2D eigenvalue weighted by atomic mass is 19.1. The highest BCUT2D eigenvalue weighted by molar-refractivity contribution is 5.65. The molecule has 2 N–H and O–H groups in total. The zero-order chi connectivity index (χ0) is 15.0. The van der Waals surface area contributed by atoms with Gasteiger partial charge < -0.3 is 5.73 Å². The molecule has 3 aromatic rings. The van der Waals surface area contributed by atoms with Crippen molar-refractivity contribution in [1.29, 1.82) is 0 Å². The van der Waals surface area contributed by atoms with E-state index in [1.54, 1.807) is 25.1 Å². The summed E-state index contributed by atoms with van der Waals surface area (Å²) < 4.78 is 28.5. The average molecular weight is 287 g/mol. The number of aromatic nitrogens is 4. The lowest BCUT2D eigenvalue weighted by Crippen LogP contribution is -2.02. The second-order valence-electron chi connectivity index (χ2n) is 4.57. The van der Waals surface area contributed by atoms with Crippen molar-refractivity contribution in [3.8, 4) is 17.1 Å². The molecule has 5 nitrogen and oxygen atoms in total. The van der Waals surface area contributed by atoms with E-state index < -0.39 is 11.6 Å². The molecule has 7 heteroatoms. The van der Waals surface area contributed by atoms with Crippen LogP contribution in [-0.4, -0.2) is 20.2 Å². The fourth-order valence-electron chi connectivity index (χ4n) is 1.98. The van der Waals surface area contributed by atoms with Gasteiger partial charge in [0.25, 0.3) is 0 Å². The van der Waals surface area contributed by atoms with Gasteiger partial charge in [0.15, 0.2) is 5.82 Å². The van der Waals surface area contributed by atoms with Gasteiger partial charge in [-0.05, 0) is 47.7 Å². The Bertz CT molecular complexity index is 790. The molecule has 0 atom stereocenters. The van der Waals surface area contributed by atoms with Gasteiger partial charge in [0.2, 0.25) is 0 Å². The van der Waals surface area contributed by atoms with Crippen molar-refractivity contribution in [1.82, 2.24) is 20.2 Å². The third-order valence-electron chi connectivity index (χ3n) is 3.16. The summed E-state index contributed by atoms with van der Waals surface area (Å²) in [6, 6.07) is 8.68. The van der Waals surface area contributed by atoms with Crippen LogP contribution in [0.3, 0.4) is 0 Å². The van der Waals surface area contributed by atoms with Gasteiger partial charge in [-0.3, -0.25) is 0 Å². The van der Waals surface area contributed by atoms with E-state index >= 15 is 0 Å². The van der Waals surface area contributed by atoms with E-state index in [0.717, 1.165) is 0 Å². The largest absolute Gasteiger partial charge is 0.398 e. The van der Waals surface area contributed by atoms with Crippen LogP contribution in [0, 0.1) is 18.6 Å². The maximum Gasteiger partial charge on any atom is 0.187 e. The summed E-state index contributed by atoms with van der Waals surface area (Å²) in [6.07, 6.45) is 0. The average Bonchev–Trinajstić information content (AvgIpc) is 2.93. The van der Waals surface area contributed by atoms with Crippen LogP contribution < -0.4 is 5.73 Å². The van der Waals surface area contributed by atoms with E-state index in [9.17, 15) is 8.78 Å². The predicted molar refractivity (Wildman–Crippen MR) is 73.7 cm³/mol. The smallest absolute Gasteiger partial charge is 0.187 e. The number of hydrogen-bond donors (Lipinski definition) is 1. The minimum absolute atomic E-state index is 0.284. The molecule has 1 aromatic heterocycles. The molecular formula is C14H11F2N5. The Morgan fingerprint density at radius 3 is 2.67 bits per heavy atom. The van der Waals surface area contributed by atoms with Crippen molar-refractivity contribution in [2.75, 3.05) is 5.73 Å². The number of anilines is 1. The Hall–Kier alpha value is -2.83. The Labute approximate surface area is 119 Å². The lowest BCUT2D eigenvalue weighted by molar-refractivity contribution is 0.619. The molecule has 1 heterocycles. The van der Waals surface area contributed by atoms with E-state index in [0.29, 0.717) is 22.5 Å². The summed E-state index contributed by atoms with van der Waals surface area (Å²) in [5.41, 5.74) is 7.29. The topological polar surface area (TPSA) is 69.6 Å². The molecule has 0 fully saturated rings. The fourth-order valence-corrected chi connectivity index (χ4v) is 1.98. The van der Waals surface area contributed by atoms with E-state index in [1.165, 1.54) is 22.9 Å². The number of rotatable bonds is 2. The van der Waals surface area contributed by atoms with Crippen LogP contribution in [0.4, 0.5) is 14.5 Å². The van der Waals surface area contributed by atoms with Crippen molar-refractivity contribution < 1.29 is 8.78 Å². The van der Waals surface area contributed by atoms with Gasteiger partial charge in [-0.15, -0.1) is 5.10 Å². The molecule has 0 saturated carbocycles. The molecule has 3 rings (SSSR count). The van der Waals surface area contributed by atoms with Crippen LogP contribution in [0.15, 0.2) is 36.4 Å². The standard InChI is InChI=1S/C14H11F2N5/c1-8-12(16)5-9(6-13(8)17)14-18-19-20-21(14)11-4-2-3-10(15)7-11/h2-7H,17H2,1H3. The molecule has 0 bridgehead atoms. The fraction of sp³-hybridized carbons (Fsp3) is 0.0714. The number of nitrogens with two attached hydrogens (primary N) is 1. The highest BCUT2D eigenvalue weighted by Gasteiger charge is 2.14. The monoisotopic (exact) mass is 287 g/mol. The Morgan fingerprint density at radius 1 is 1.14 bits per heavy atom. The summed E-state index contributed by atoms with van der Waals surface area (Å²) in [6.45, 7) is 1.59. The zero-order valence-electron chi connectivity index (χ0n) is 11.1. The van der Waals surface area contributed by atoms with Crippen molar-refractivity contribution in [2.45, 2.75) is 6.92 Å². The third-order valence-corrected chi connectivity index (χ3v) is 3.16. The van der Waals surface area contributed by atoms with Gasteiger partial charge in [-0.2, -0.15) is 4.68 Å². The molecular weight excluding hydrogens is 276 g/mol. The third kappa shape index (κ3) is 2.33. The van der Waals surface area contributed by atoms with Crippen LogP contribution in [0.1, 0.15) is 5.56 Å². The molecule has 0 amide bonds. The molecule has 0 radical (unpaired) electrons. The van der Waals surface area contributed by atoms with Crippen LogP contribution in [0.25, 0.3) is 17.1 Å². The molecule has 0 saturated heterocycles. The molecule has 21 heavy (non-hydrogen) atoms. The second-order valence-corrected chi connectivity index (χ2v) is 4.57. The van der Waals surface area contributed by atoms with Crippen molar-refractivity contribution >= 4 is 5.69 Å². The first-order valence-corrected chi connectivity index (χ1v) is 6.16. The van der Waals surface area contributed by atoms with E-state index in [4.69, 9.17) is 5.73 Å². The molecule has 0 unspecified atom stereocenters. The van der Waals surface area contributed by atoms with Crippen LogP contribution in [-0.2, 0) is 0 Å². The minimum atomic E-state index is -0.446. The van der Waals surface area contributed by atoms with Gasteiger partial charge in [0, 0.05) is 16.8 Å². The number of benzene rings is 2. The number of nitrogen functional groups attached to an aromatic ring is 1. The van der Waals surface area contributed by atoms with Gasteiger partial charge in [-0.1, -0.05) is 6.07 Å². The first kappa shape index (κ1) is 13.2. The van der Waals surface area contributed by atoms with Crippen molar-refractivity contribution in [3.05, 3.63) is 53.6 Å². The normalized spacial score (nSPS) is 10.8. The Balaban J connectivity index is 2.16. The molecule has 106 valence electrons. The van der Waals surface area contributed by atoms with Crippen LogP contribution >= 0.6 is 0 Å². The number of halogens is 2. The summed E-state index contributed by atoms with van der Waals surface area (Å²) in [7, 11) is 0. The summed E-state index contributed by atoms with van der Waals surface area (Å²) in [4.78, 5) is 0. The Kier molecular flexibility index (Phi) is 3.09. The van der Waals surface area contributed by atoms with Gasteiger partial charge >= 0.3 is 0 Å². The van der Waals surface area contributed by atoms with Gasteiger partial charge in [0.1, 0.15) is 11.6 Å². The summed E-state index contributed by atoms with van der Waals surface area (Å²) >= 11 is 0. The first-order chi connectivity index (χ1) is 10.1. The summed E-state index contributed by atoms with van der Waals surface area (Å²) in [5.74, 6) is -0.575. The number of hydrogen-bond acceptors (Lipinski definition) is 4. The minimum Gasteiger partial charge on any atom is -0.398 e. The highest BCUT2D eigenvalue weighted by Crippen LogP contribution is 2.25. The number of tetrazole rings is 1. The predicted octanol–water partition coefficient (Wildman–Crippen LogP) is 2.50. The zero-order valence-corrected chi connectivity index (χ0v) is 11.1. The van der Waals surface area contributed by atoms with Crippen molar-refractivity contribution in [3.63, 3.8) is 0 Å². The van der Waals surface area contributed by atoms with E-state index in [-0.39, 0.29) is 5.82 Å². The summed E-state index contributed by atoms with van der Waals surface area (Å²) in [5, 5.41) is 11.2.